The molecule has 2 aromatic carbocycles. The van der Waals surface area contributed by atoms with E-state index in [1.165, 1.54) is 16.2 Å². The topological polar surface area (TPSA) is 49.4 Å². The van der Waals surface area contributed by atoms with Gasteiger partial charge >= 0.3 is 0 Å². The first-order valence-corrected chi connectivity index (χ1v) is 9.70. The number of anilines is 1. The Balaban J connectivity index is 1.81. The van der Waals surface area contributed by atoms with E-state index >= 15 is 0 Å². The molecule has 27 heavy (non-hydrogen) atoms. The molecule has 6 heteroatoms. The van der Waals surface area contributed by atoms with E-state index < -0.39 is 0 Å². The highest BCUT2D eigenvalue weighted by Gasteiger charge is 2.21. The summed E-state index contributed by atoms with van der Waals surface area (Å²) in [5.41, 5.74) is 1.97. The van der Waals surface area contributed by atoms with Crippen molar-refractivity contribution in [2.24, 2.45) is 0 Å². The summed E-state index contributed by atoms with van der Waals surface area (Å²) in [4.78, 5) is 27.6. The number of para-hydroxylation sites is 1. The number of nitrogens with zero attached hydrogens (tertiary/aromatic N) is 1. The van der Waals surface area contributed by atoms with Crippen molar-refractivity contribution in [3.8, 4) is 0 Å². The molecule has 4 nitrogen and oxygen atoms in total. The molecule has 0 spiro atoms. The van der Waals surface area contributed by atoms with Crippen LogP contribution < -0.4 is 10.2 Å². The molecule has 3 rings (SSSR count). The van der Waals surface area contributed by atoms with Gasteiger partial charge in [-0.05, 0) is 48.2 Å². The van der Waals surface area contributed by atoms with Crippen LogP contribution >= 0.6 is 22.9 Å². The number of nitrogens with one attached hydrogen (secondary N) is 1. The van der Waals surface area contributed by atoms with Crippen molar-refractivity contribution in [1.29, 1.82) is 0 Å². The number of carbonyl (C=O) groups is 2. The fourth-order valence-electron chi connectivity index (χ4n) is 2.74. The minimum Gasteiger partial charge on any atom is -0.345 e. The maximum Gasteiger partial charge on any atom is 0.268 e. The van der Waals surface area contributed by atoms with Crippen LogP contribution in [-0.2, 0) is 0 Å². The second-order valence-corrected chi connectivity index (χ2v) is 7.49. The van der Waals surface area contributed by atoms with Crippen LogP contribution in [0.2, 0.25) is 5.02 Å². The molecule has 1 N–H and O–H groups in total. The molecule has 0 aliphatic carbocycles. The Morgan fingerprint density at radius 3 is 2.41 bits per heavy atom. The van der Waals surface area contributed by atoms with Crippen molar-refractivity contribution in [3.63, 3.8) is 0 Å². The van der Waals surface area contributed by atoms with E-state index in [0.717, 1.165) is 5.56 Å². The lowest BCUT2D eigenvalue weighted by Gasteiger charge is -2.21. The molecule has 1 heterocycles. The fraction of sp³-hybridized carbons (Fsp3) is 0.143. The van der Waals surface area contributed by atoms with E-state index in [1.807, 2.05) is 36.6 Å². The summed E-state index contributed by atoms with van der Waals surface area (Å²) in [6.45, 7) is 1.91. The molecule has 0 saturated heterocycles. The quantitative estimate of drug-likeness (QED) is 0.644. The first kappa shape index (κ1) is 19.1. The highest BCUT2D eigenvalue weighted by atomic mass is 35.5. The largest absolute Gasteiger partial charge is 0.345 e. The van der Waals surface area contributed by atoms with Crippen molar-refractivity contribution in [2.75, 3.05) is 11.9 Å². The molecule has 2 amide bonds. The van der Waals surface area contributed by atoms with E-state index in [1.54, 1.807) is 43.4 Å². The number of thiophene rings is 1. The lowest BCUT2D eigenvalue weighted by molar-refractivity contribution is 0.0940. The van der Waals surface area contributed by atoms with Gasteiger partial charge < -0.3 is 10.2 Å². The molecule has 138 valence electrons. The molecular formula is C21H19ClN2O2S. The van der Waals surface area contributed by atoms with Gasteiger partial charge in [0.05, 0.1) is 22.2 Å². The molecule has 0 radical (unpaired) electrons. The third-order valence-corrected chi connectivity index (χ3v) is 5.37. The van der Waals surface area contributed by atoms with Crippen LogP contribution in [0, 0.1) is 0 Å². The van der Waals surface area contributed by atoms with Crippen LogP contribution in [0.3, 0.4) is 0 Å². The second-order valence-electron chi connectivity index (χ2n) is 6.11. The predicted molar refractivity (Wildman–Crippen MR) is 111 cm³/mol. The van der Waals surface area contributed by atoms with Gasteiger partial charge in [-0.3, -0.25) is 9.59 Å². The third kappa shape index (κ3) is 4.38. The Kier molecular flexibility index (Phi) is 5.94. The summed E-state index contributed by atoms with van der Waals surface area (Å²) in [7, 11) is 1.68. The molecule has 0 saturated carbocycles. The second kappa shape index (κ2) is 8.37. The SMILES string of the molecule is C[C@H](NC(=O)c1ccccc1N(C)C(=O)c1cccs1)c1ccc(Cl)cc1. The normalized spacial score (nSPS) is 11.7. The highest BCUT2D eigenvalue weighted by Crippen LogP contribution is 2.24. The van der Waals surface area contributed by atoms with Crippen LogP contribution in [0.1, 0.15) is 38.6 Å². The van der Waals surface area contributed by atoms with Crippen LogP contribution in [0.5, 0.6) is 0 Å². The van der Waals surface area contributed by atoms with Gasteiger partial charge in [-0.1, -0.05) is 41.9 Å². The molecular weight excluding hydrogens is 380 g/mol. The average Bonchev–Trinajstić information content (AvgIpc) is 3.22. The summed E-state index contributed by atoms with van der Waals surface area (Å²) in [6.07, 6.45) is 0. The van der Waals surface area contributed by atoms with Crippen molar-refractivity contribution >= 4 is 40.4 Å². The number of hydrogen-bond acceptors (Lipinski definition) is 3. The Bertz CT molecular complexity index is 939. The van der Waals surface area contributed by atoms with Crippen molar-refractivity contribution in [3.05, 3.63) is 87.1 Å². The minimum absolute atomic E-state index is 0.143. The Labute approximate surface area is 167 Å². The van der Waals surface area contributed by atoms with E-state index in [4.69, 9.17) is 11.6 Å². The smallest absolute Gasteiger partial charge is 0.268 e. The first-order chi connectivity index (χ1) is 13.0. The number of halogens is 1. The number of benzene rings is 2. The molecule has 3 aromatic rings. The molecule has 0 aliphatic heterocycles. The molecule has 0 unspecified atom stereocenters. The number of carbonyl (C=O) groups excluding carboxylic acids is 2. The maximum absolute atomic E-state index is 12.9. The summed E-state index contributed by atoms with van der Waals surface area (Å²) < 4.78 is 0. The van der Waals surface area contributed by atoms with Gasteiger partial charge in [0.2, 0.25) is 0 Å². The highest BCUT2D eigenvalue weighted by molar-refractivity contribution is 7.12. The number of rotatable bonds is 5. The van der Waals surface area contributed by atoms with E-state index in [0.29, 0.717) is 21.2 Å². The van der Waals surface area contributed by atoms with Crippen molar-refractivity contribution in [1.82, 2.24) is 5.32 Å². The van der Waals surface area contributed by atoms with Gasteiger partial charge in [-0.15, -0.1) is 11.3 Å². The number of hydrogen-bond donors (Lipinski definition) is 1. The van der Waals surface area contributed by atoms with Gasteiger partial charge in [0.25, 0.3) is 11.8 Å². The van der Waals surface area contributed by atoms with E-state index in [-0.39, 0.29) is 17.9 Å². The van der Waals surface area contributed by atoms with Crippen LogP contribution in [-0.4, -0.2) is 18.9 Å². The summed E-state index contributed by atoms with van der Waals surface area (Å²) in [6, 6.07) is 17.8. The monoisotopic (exact) mass is 398 g/mol. The van der Waals surface area contributed by atoms with E-state index in [9.17, 15) is 9.59 Å². The molecule has 1 atom stereocenters. The van der Waals surface area contributed by atoms with Crippen LogP contribution in [0.15, 0.2) is 66.0 Å². The van der Waals surface area contributed by atoms with Gasteiger partial charge in [0.1, 0.15) is 0 Å². The maximum atomic E-state index is 12.9. The number of amides is 2. The first-order valence-electron chi connectivity index (χ1n) is 8.44. The zero-order chi connectivity index (χ0) is 19.4. The zero-order valence-corrected chi connectivity index (χ0v) is 16.6. The van der Waals surface area contributed by atoms with Crippen LogP contribution in [0.4, 0.5) is 5.69 Å². The Hall–Kier alpha value is -2.63. The summed E-state index contributed by atoms with van der Waals surface area (Å²) in [5.74, 6) is -0.380. The average molecular weight is 399 g/mol. The third-order valence-electron chi connectivity index (χ3n) is 4.26. The van der Waals surface area contributed by atoms with Gasteiger partial charge in [-0.25, -0.2) is 0 Å². The van der Waals surface area contributed by atoms with Crippen molar-refractivity contribution in [2.45, 2.75) is 13.0 Å². The fourth-order valence-corrected chi connectivity index (χ4v) is 3.57. The van der Waals surface area contributed by atoms with Crippen LogP contribution in [0.25, 0.3) is 0 Å². The molecule has 0 aliphatic rings. The lowest BCUT2D eigenvalue weighted by Crippen LogP contribution is -2.31. The molecule has 1 aromatic heterocycles. The Morgan fingerprint density at radius 2 is 1.74 bits per heavy atom. The van der Waals surface area contributed by atoms with E-state index in [2.05, 4.69) is 5.32 Å². The lowest BCUT2D eigenvalue weighted by atomic mass is 10.1. The zero-order valence-electron chi connectivity index (χ0n) is 15.0. The Morgan fingerprint density at radius 1 is 1.04 bits per heavy atom. The minimum atomic E-state index is -0.237. The van der Waals surface area contributed by atoms with Gasteiger partial charge in [-0.2, -0.15) is 0 Å². The van der Waals surface area contributed by atoms with Gasteiger partial charge in [0, 0.05) is 12.1 Å². The predicted octanol–water partition coefficient (Wildman–Crippen LogP) is 5.17. The van der Waals surface area contributed by atoms with Crippen molar-refractivity contribution < 1.29 is 9.59 Å². The summed E-state index contributed by atoms with van der Waals surface area (Å²) >= 11 is 7.30. The van der Waals surface area contributed by atoms with Gasteiger partial charge in [0.15, 0.2) is 0 Å². The standard InChI is InChI=1S/C21H19ClN2O2S/c1-14(15-9-11-16(22)12-10-15)23-20(25)17-6-3-4-7-18(17)24(2)21(26)19-8-5-13-27-19/h3-14H,1-2H3,(H,23,25)/t14-/m0/s1. The molecule has 0 bridgehead atoms. The summed E-state index contributed by atoms with van der Waals surface area (Å²) in [5, 5.41) is 5.49. The molecule has 0 fully saturated rings.